The molecule has 0 bridgehead atoms. The molecule has 0 rings (SSSR count). The van der Waals surface area contributed by atoms with Gasteiger partial charge in [0, 0.05) is 13.0 Å². The lowest BCUT2D eigenvalue weighted by molar-refractivity contribution is -0.145. The lowest BCUT2D eigenvalue weighted by Crippen LogP contribution is -2.17. The predicted octanol–water partition coefficient (Wildman–Crippen LogP) is 2.13. The van der Waals surface area contributed by atoms with Crippen LogP contribution in [0.15, 0.2) is 0 Å². The van der Waals surface area contributed by atoms with Crippen LogP contribution in [0, 0.1) is 0 Å². The normalized spacial score (nSPS) is 10.5. The van der Waals surface area contributed by atoms with Gasteiger partial charge in [-0.25, -0.2) is 0 Å². The second-order valence-electron chi connectivity index (χ2n) is 4.10. The summed E-state index contributed by atoms with van der Waals surface area (Å²) in [5.74, 6) is -0.0984. The van der Waals surface area contributed by atoms with Crippen molar-refractivity contribution in [1.82, 2.24) is 5.32 Å². The molecule has 0 amide bonds. The molecule has 0 spiro atoms. The lowest BCUT2D eigenvalue weighted by atomic mass is 10.1. The maximum absolute atomic E-state index is 11.3. The predicted molar refractivity (Wildman–Crippen MR) is 69.1 cm³/mol. The summed E-state index contributed by atoms with van der Waals surface area (Å²) in [7, 11) is 1.88. The lowest BCUT2D eigenvalue weighted by Gasteiger charge is -2.05. The van der Waals surface area contributed by atoms with Crippen LogP contribution in [0.2, 0.25) is 0 Å². The van der Waals surface area contributed by atoms with Crippen molar-refractivity contribution in [2.24, 2.45) is 0 Å². The third-order valence-electron chi connectivity index (χ3n) is 2.47. The summed E-state index contributed by atoms with van der Waals surface area (Å²) in [4.78, 5) is 11.3. The van der Waals surface area contributed by atoms with E-state index in [4.69, 9.17) is 9.47 Å². The zero-order valence-electron chi connectivity index (χ0n) is 11.3. The number of nitrogens with one attached hydrogen (secondary N) is 1. The van der Waals surface area contributed by atoms with Crippen molar-refractivity contribution >= 4 is 5.97 Å². The number of carbonyl (C=O) groups excluding carboxylic acids is 1. The minimum atomic E-state index is -0.0984. The molecular weight excluding hydrogens is 218 g/mol. The molecule has 0 fully saturated rings. The summed E-state index contributed by atoms with van der Waals surface area (Å²) >= 11 is 0. The number of ether oxygens (including phenoxy) is 2. The summed E-state index contributed by atoms with van der Waals surface area (Å²) in [5, 5.41) is 2.98. The van der Waals surface area contributed by atoms with Crippen molar-refractivity contribution in [3.8, 4) is 0 Å². The number of hydrogen-bond acceptors (Lipinski definition) is 4. The van der Waals surface area contributed by atoms with E-state index < -0.39 is 0 Å². The van der Waals surface area contributed by atoms with Crippen molar-refractivity contribution in [1.29, 1.82) is 0 Å². The number of rotatable bonds is 12. The van der Waals surface area contributed by atoms with E-state index in [9.17, 15) is 4.79 Å². The molecule has 0 aromatic rings. The molecule has 17 heavy (non-hydrogen) atoms. The third-order valence-corrected chi connectivity index (χ3v) is 2.47. The van der Waals surface area contributed by atoms with Crippen molar-refractivity contribution < 1.29 is 14.3 Å². The van der Waals surface area contributed by atoms with Gasteiger partial charge in [-0.1, -0.05) is 32.6 Å². The molecule has 0 aromatic heterocycles. The first-order chi connectivity index (χ1) is 8.31. The molecule has 0 radical (unpaired) electrons. The Balaban J connectivity index is 3.12. The molecule has 0 aliphatic carbocycles. The molecule has 0 unspecified atom stereocenters. The second-order valence-corrected chi connectivity index (χ2v) is 4.10. The molecule has 1 N–H and O–H groups in total. The Morgan fingerprint density at radius 1 is 1.06 bits per heavy atom. The van der Waals surface area contributed by atoms with E-state index in [1.54, 1.807) is 0 Å². The van der Waals surface area contributed by atoms with Crippen LogP contribution in [0.5, 0.6) is 0 Å². The highest BCUT2D eigenvalue weighted by Gasteiger charge is 2.01. The first-order valence-corrected chi connectivity index (χ1v) is 6.69. The highest BCUT2D eigenvalue weighted by molar-refractivity contribution is 5.69. The average molecular weight is 245 g/mol. The van der Waals surface area contributed by atoms with Gasteiger partial charge < -0.3 is 14.8 Å². The maximum Gasteiger partial charge on any atom is 0.305 e. The van der Waals surface area contributed by atoms with Gasteiger partial charge in [-0.3, -0.25) is 4.79 Å². The molecular formula is C13H27NO3. The van der Waals surface area contributed by atoms with Crippen molar-refractivity contribution in [3.63, 3.8) is 0 Å². The molecule has 4 heteroatoms. The van der Waals surface area contributed by atoms with Gasteiger partial charge in [0.1, 0.15) is 6.61 Å². The average Bonchev–Trinajstić information content (AvgIpc) is 2.33. The Bertz CT molecular complexity index is 174. The highest BCUT2D eigenvalue weighted by atomic mass is 16.6. The van der Waals surface area contributed by atoms with Crippen molar-refractivity contribution in [2.75, 3.05) is 33.4 Å². The topological polar surface area (TPSA) is 47.6 Å². The van der Waals surface area contributed by atoms with E-state index in [1.807, 2.05) is 7.05 Å². The number of carbonyl (C=O) groups is 1. The minimum Gasteiger partial charge on any atom is -0.463 e. The number of unbranched alkanes of at least 4 members (excludes halogenated alkanes) is 4. The standard InChI is InChI=1S/C13H27NO3/c1-3-4-5-6-7-8-13(15)17-12-11-16-10-9-14-2/h14H,3-12H2,1-2H3. The Labute approximate surface area is 105 Å². The van der Waals surface area contributed by atoms with Gasteiger partial charge >= 0.3 is 5.97 Å². The molecule has 0 aromatic carbocycles. The van der Waals surface area contributed by atoms with Crippen LogP contribution in [-0.2, 0) is 14.3 Å². The Morgan fingerprint density at radius 2 is 1.82 bits per heavy atom. The quantitative estimate of drug-likeness (QED) is 0.422. The fraction of sp³-hybridized carbons (Fsp3) is 0.923. The monoisotopic (exact) mass is 245 g/mol. The summed E-state index contributed by atoms with van der Waals surface area (Å²) in [5.41, 5.74) is 0. The van der Waals surface area contributed by atoms with Gasteiger partial charge in [0.05, 0.1) is 13.2 Å². The van der Waals surface area contributed by atoms with E-state index >= 15 is 0 Å². The van der Waals surface area contributed by atoms with E-state index in [0.29, 0.717) is 26.2 Å². The van der Waals surface area contributed by atoms with Crippen molar-refractivity contribution in [2.45, 2.75) is 45.4 Å². The smallest absolute Gasteiger partial charge is 0.305 e. The zero-order valence-corrected chi connectivity index (χ0v) is 11.3. The molecule has 0 saturated heterocycles. The van der Waals surface area contributed by atoms with E-state index in [2.05, 4.69) is 12.2 Å². The summed E-state index contributed by atoms with van der Waals surface area (Å²) < 4.78 is 10.3. The molecule has 0 heterocycles. The molecule has 0 aliphatic rings. The summed E-state index contributed by atoms with van der Waals surface area (Å²) in [6, 6.07) is 0. The van der Waals surface area contributed by atoms with Crippen LogP contribution in [0.25, 0.3) is 0 Å². The van der Waals surface area contributed by atoms with Crippen LogP contribution >= 0.6 is 0 Å². The Kier molecular flexibility index (Phi) is 13.0. The number of esters is 1. The Hall–Kier alpha value is -0.610. The zero-order chi connectivity index (χ0) is 12.8. The van der Waals surface area contributed by atoms with Crippen LogP contribution in [-0.4, -0.2) is 39.4 Å². The summed E-state index contributed by atoms with van der Waals surface area (Å²) in [6.45, 7) is 4.53. The van der Waals surface area contributed by atoms with Gasteiger partial charge in [0.15, 0.2) is 0 Å². The van der Waals surface area contributed by atoms with Gasteiger partial charge in [0.25, 0.3) is 0 Å². The molecule has 0 aliphatic heterocycles. The highest BCUT2D eigenvalue weighted by Crippen LogP contribution is 2.05. The molecule has 0 saturated carbocycles. The van der Waals surface area contributed by atoms with Crippen LogP contribution in [0.3, 0.4) is 0 Å². The van der Waals surface area contributed by atoms with Crippen molar-refractivity contribution in [3.05, 3.63) is 0 Å². The third kappa shape index (κ3) is 13.3. The van der Waals surface area contributed by atoms with Gasteiger partial charge in [-0.2, -0.15) is 0 Å². The summed E-state index contributed by atoms with van der Waals surface area (Å²) in [6.07, 6.45) is 6.32. The molecule has 0 atom stereocenters. The molecule has 102 valence electrons. The SMILES string of the molecule is CCCCCCCC(=O)OCCOCCNC. The largest absolute Gasteiger partial charge is 0.463 e. The number of hydrogen-bond donors (Lipinski definition) is 1. The number of likely N-dealkylation sites (N-methyl/N-ethyl adjacent to an activating group) is 1. The van der Waals surface area contributed by atoms with E-state index in [-0.39, 0.29) is 5.97 Å². The van der Waals surface area contributed by atoms with Gasteiger partial charge in [-0.15, -0.1) is 0 Å². The van der Waals surface area contributed by atoms with Gasteiger partial charge in [0.2, 0.25) is 0 Å². The minimum absolute atomic E-state index is 0.0984. The second kappa shape index (κ2) is 13.5. The maximum atomic E-state index is 11.3. The van der Waals surface area contributed by atoms with E-state index in [0.717, 1.165) is 19.4 Å². The first-order valence-electron chi connectivity index (χ1n) is 6.69. The van der Waals surface area contributed by atoms with Crippen LogP contribution in [0.1, 0.15) is 45.4 Å². The van der Waals surface area contributed by atoms with Gasteiger partial charge in [-0.05, 0) is 13.5 Å². The fourth-order valence-electron chi connectivity index (χ4n) is 1.44. The van der Waals surface area contributed by atoms with Crippen LogP contribution in [0.4, 0.5) is 0 Å². The van der Waals surface area contributed by atoms with Crippen LogP contribution < -0.4 is 5.32 Å². The van der Waals surface area contributed by atoms with E-state index in [1.165, 1.54) is 19.3 Å². The molecule has 4 nitrogen and oxygen atoms in total. The Morgan fingerprint density at radius 3 is 2.53 bits per heavy atom. The first kappa shape index (κ1) is 16.4. The fourth-order valence-corrected chi connectivity index (χ4v) is 1.44.